The van der Waals surface area contributed by atoms with Crippen LogP contribution in [0.15, 0.2) is 27.8 Å². The van der Waals surface area contributed by atoms with Gasteiger partial charge in [-0.15, -0.1) is 21.5 Å². The van der Waals surface area contributed by atoms with Gasteiger partial charge in [-0.3, -0.25) is 0 Å². The zero-order valence-electron chi connectivity index (χ0n) is 7.54. The van der Waals surface area contributed by atoms with Crippen LogP contribution in [0.5, 0.6) is 0 Å². The molecule has 2 heterocycles. The molecule has 0 aliphatic rings. The summed E-state index contributed by atoms with van der Waals surface area (Å²) in [6.07, 6.45) is 1.67. The molecular formula is C8H9N3OS2. The summed E-state index contributed by atoms with van der Waals surface area (Å²) in [6, 6.07) is 3.90. The fourth-order valence-corrected chi connectivity index (χ4v) is 2.85. The highest BCUT2D eigenvalue weighted by Crippen LogP contribution is 2.31. The van der Waals surface area contributed by atoms with Gasteiger partial charge in [-0.05, 0) is 23.9 Å². The molecule has 6 heteroatoms. The van der Waals surface area contributed by atoms with Gasteiger partial charge < -0.3 is 9.67 Å². The van der Waals surface area contributed by atoms with Crippen LogP contribution in [0.2, 0.25) is 0 Å². The summed E-state index contributed by atoms with van der Waals surface area (Å²) < 4.78 is 2.98. The molecule has 0 amide bonds. The van der Waals surface area contributed by atoms with Gasteiger partial charge in [-0.1, -0.05) is 0 Å². The lowest BCUT2D eigenvalue weighted by molar-refractivity contribution is 0.285. The molecule has 74 valence electrons. The van der Waals surface area contributed by atoms with Crippen LogP contribution in [-0.2, 0) is 13.7 Å². The zero-order valence-corrected chi connectivity index (χ0v) is 9.18. The van der Waals surface area contributed by atoms with E-state index in [1.54, 1.807) is 29.4 Å². The van der Waals surface area contributed by atoms with Crippen LogP contribution in [0.3, 0.4) is 0 Å². The summed E-state index contributed by atoms with van der Waals surface area (Å²) >= 11 is 3.13. The lowest BCUT2D eigenvalue weighted by atomic mass is 10.5. The summed E-state index contributed by atoms with van der Waals surface area (Å²) in [7, 11) is 1.91. The van der Waals surface area contributed by atoms with Crippen molar-refractivity contribution in [3.63, 3.8) is 0 Å². The van der Waals surface area contributed by atoms with Crippen LogP contribution in [-0.4, -0.2) is 19.9 Å². The van der Waals surface area contributed by atoms with Gasteiger partial charge in [-0.25, -0.2) is 0 Å². The molecule has 0 radical (unpaired) electrons. The second-order valence-corrected chi connectivity index (χ2v) is 5.14. The molecule has 0 bridgehead atoms. The van der Waals surface area contributed by atoms with Crippen molar-refractivity contribution in [1.82, 2.24) is 14.8 Å². The molecule has 1 N–H and O–H groups in total. The van der Waals surface area contributed by atoms with Crippen LogP contribution in [0.4, 0.5) is 0 Å². The van der Waals surface area contributed by atoms with E-state index in [0.717, 1.165) is 14.2 Å². The molecule has 0 aliphatic heterocycles. The van der Waals surface area contributed by atoms with Gasteiger partial charge in [0.25, 0.3) is 0 Å². The Balaban J connectivity index is 2.15. The molecule has 2 aromatic rings. The third kappa shape index (κ3) is 1.97. The average Bonchev–Trinajstić information content (AvgIpc) is 2.77. The molecule has 0 unspecified atom stereocenters. The minimum absolute atomic E-state index is 0.101. The van der Waals surface area contributed by atoms with Crippen molar-refractivity contribution >= 4 is 23.1 Å². The zero-order chi connectivity index (χ0) is 9.97. The third-order valence-corrected chi connectivity index (χ3v) is 3.91. The maximum Gasteiger partial charge on any atom is 0.196 e. The average molecular weight is 227 g/mol. The fraction of sp³-hybridized carbons (Fsp3) is 0.250. The molecule has 0 spiro atoms. The number of hydrogen-bond donors (Lipinski definition) is 1. The first-order chi connectivity index (χ1) is 6.79. The van der Waals surface area contributed by atoms with Crippen molar-refractivity contribution in [2.75, 3.05) is 0 Å². The maximum absolute atomic E-state index is 8.90. The Morgan fingerprint density at radius 1 is 1.57 bits per heavy atom. The van der Waals surface area contributed by atoms with E-state index in [1.165, 1.54) is 0 Å². The first-order valence-electron chi connectivity index (χ1n) is 4.01. The summed E-state index contributed by atoms with van der Waals surface area (Å²) in [5.41, 5.74) is 0. The molecule has 0 saturated carbocycles. The molecular weight excluding hydrogens is 218 g/mol. The number of aromatic nitrogens is 3. The van der Waals surface area contributed by atoms with Gasteiger partial charge in [0.05, 0.1) is 10.8 Å². The van der Waals surface area contributed by atoms with Crippen LogP contribution >= 0.6 is 23.1 Å². The molecule has 2 aromatic heterocycles. The van der Waals surface area contributed by atoms with Crippen molar-refractivity contribution in [2.24, 2.45) is 7.05 Å². The first-order valence-corrected chi connectivity index (χ1v) is 5.64. The SMILES string of the molecule is Cn1cnnc1Sc1ccc(CO)s1. The van der Waals surface area contributed by atoms with Crippen molar-refractivity contribution < 1.29 is 5.11 Å². The van der Waals surface area contributed by atoms with Crippen molar-refractivity contribution in [2.45, 2.75) is 16.0 Å². The molecule has 4 nitrogen and oxygen atoms in total. The van der Waals surface area contributed by atoms with Crippen molar-refractivity contribution in [3.8, 4) is 0 Å². The second kappa shape index (κ2) is 4.12. The Hall–Kier alpha value is -0.850. The lowest BCUT2D eigenvalue weighted by Crippen LogP contribution is -1.86. The Morgan fingerprint density at radius 2 is 2.43 bits per heavy atom. The number of aliphatic hydroxyl groups excluding tert-OH is 1. The van der Waals surface area contributed by atoms with Gasteiger partial charge >= 0.3 is 0 Å². The van der Waals surface area contributed by atoms with Crippen molar-refractivity contribution in [1.29, 1.82) is 0 Å². The van der Waals surface area contributed by atoms with Gasteiger partial charge in [-0.2, -0.15) is 0 Å². The van der Waals surface area contributed by atoms with Gasteiger partial charge in [0, 0.05) is 11.9 Å². The van der Waals surface area contributed by atoms with E-state index in [4.69, 9.17) is 5.11 Å². The number of hydrogen-bond acceptors (Lipinski definition) is 5. The van der Waals surface area contributed by atoms with Crippen LogP contribution < -0.4 is 0 Å². The van der Waals surface area contributed by atoms with E-state index in [0.29, 0.717) is 0 Å². The Kier molecular flexibility index (Phi) is 2.85. The maximum atomic E-state index is 8.90. The van der Waals surface area contributed by atoms with E-state index in [2.05, 4.69) is 10.2 Å². The third-order valence-electron chi connectivity index (χ3n) is 1.65. The highest BCUT2D eigenvalue weighted by molar-refractivity contribution is 8.01. The summed E-state index contributed by atoms with van der Waals surface area (Å²) in [4.78, 5) is 0.967. The first kappa shape index (κ1) is 9.70. The second-order valence-electron chi connectivity index (χ2n) is 2.71. The number of rotatable bonds is 3. The molecule has 0 aromatic carbocycles. The van der Waals surface area contributed by atoms with Crippen molar-refractivity contribution in [3.05, 3.63) is 23.3 Å². The highest BCUT2D eigenvalue weighted by atomic mass is 32.2. The number of aryl methyl sites for hydroxylation is 1. The smallest absolute Gasteiger partial charge is 0.196 e. The normalized spacial score (nSPS) is 10.7. The lowest BCUT2D eigenvalue weighted by Gasteiger charge is -1.95. The predicted octanol–water partition coefficient (Wildman–Crippen LogP) is 1.52. The minimum Gasteiger partial charge on any atom is -0.391 e. The number of nitrogens with zero attached hydrogens (tertiary/aromatic N) is 3. The highest BCUT2D eigenvalue weighted by Gasteiger charge is 2.05. The molecule has 14 heavy (non-hydrogen) atoms. The topological polar surface area (TPSA) is 50.9 Å². The molecule has 0 atom stereocenters. The van der Waals surface area contributed by atoms with Crippen LogP contribution in [0.25, 0.3) is 0 Å². The Morgan fingerprint density at radius 3 is 3.00 bits per heavy atom. The Bertz CT molecular complexity index is 424. The molecule has 0 saturated heterocycles. The number of aliphatic hydroxyl groups is 1. The molecule has 0 fully saturated rings. The van der Waals surface area contributed by atoms with Gasteiger partial charge in [0.1, 0.15) is 6.33 Å². The fourth-order valence-electron chi connectivity index (χ4n) is 0.953. The minimum atomic E-state index is 0.101. The summed E-state index contributed by atoms with van der Waals surface area (Å²) in [5, 5.41) is 17.5. The van der Waals surface area contributed by atoms with Gasteiger partial charge in [0.2, 0.25) is 0 Å². The molecule has 2 rings (SSSR count). The summed E-state index contributed by atoms with van der Waals surface area (Å²) in [6.45, 7) is 0.101. The van der Waals surface area contributed by atoms with Gasteiger partial charge in [0.15, 0.2) is 5.16 Å². The summed E-state index contributed by atoms with van der Waals surface area (Å²) in [5.74, 6) is 0. The standard InChI is InChI=1S/C8H9N3OS2/c1-11-5-9-10-8(11)14-7-3-2-6(4-12)13-7/h2-3,5,12H,4H2,1H3. The predicted molar refractivity (Wildman–Crippen MR) is 55.4 cm³/mol. The van der Waals surface area contributed by atoms with Crippen LogP contribution in [0, 0.1) is 0 Å². The molecule has 0 aliphatic carbocycles. The largest absolute Gasteiger partial charge is 0.391 e. The van der Waals surface area contributed by atoms with Crippen LogP contribution in [0.1, 0.15) is 4.88 Å². The van der Waals surface area contributed by atoms with E-state index in [-0.39, 0.29) is 6.61 Å². The van der Waals surface area contributed by atoms with E-state index in [1.807, 2.05) is 23.7 Å². The van der Waals surface area contributed by atoms with E-state index >= 15 is 0 Å². The number of thiophene rings is 1. The monoisotopic (exact) mass is 227 g/mol. The quantitative estimate of drug-likeness (QED) is 0.863. The van der Waals surface area contributed by atoms with E-state index in [9.17, 15) is 0 Å². The Labute approximate surface area is 89.6 Å². The van der Waals surface area contributed by atoms with E-state index < -0.39 is 0 Å².